The Kier molecular flexibility index (Phi) is 4.05. The number of terminal acetylenes is 1. The SMILES string of the molecule is C#CCC(C#N)C=Cc1ccccc1. The minimum atomic E-state index is -0.180. The van der Waals surface area contributed by atoms with E-state index in [-0.39, 0.29) is 5.92 Å². The lowest BCUT2D eigenvalue weighted by Gasteiger charge is -1.96. The summed E-state index contributed by atoms with van der Waals surface area (Å²) in [7, 11) is 0. The zero-order valence-electron chi connectivity index (χ0n) is 7.85. The van der Waals surface area contributed by atoms with E-state index in [4.69, 9.17) is 11.7 Å². The van der Waals surface area contributed by atoms with E-state index in [0.29, 0.717) is 6.42 Å². The molecule has 1 aromatic carbocycles. The maximum atomic E-state index is 8.74. The summed E-state index contributed by atoms with van der Waals surface area (Å²) < 4.78 is 0. The minimum Gasteiger partial charge on any atom is -0.198 e. The Morgan fingerprint density at radius 2 is 2.07 bits per heavy atom. The molecule has 0 amide bonds. The second kappa shape index (κ2) is 5.62. The topological polar surface area (TPSA) is 23.8 Å². The average Bonchev–Trinajstić information content (AvgIpc) is 2.25. The normalized spacial score (nSPS) is 11.9. The van der Waals surface area contributed by atoms with Crippen molar-refractivity contribution in [2.45, 2.75) is 6.42 Å². The first-order chi connectivity index (χ1) is 6.86. The molecule has 1 rings (SSSR count). The van der Waals surface area contributed by atoms with Gasteiger partial charge in [0, 0.05) is 6.42 Å². The second-order valence-corrected chi connectivity index (χ2v) is 2.91. The molecule has 0 aliphatic rings. The van der Waals surface area contributed by atoms with Crippen molar-refractivity contribution in [2.75, 3.05) is 0 Å². The average molecular weight is 181 g/mol. The fourth-order valence-electron chi connectivity index (χ4n) is 1.08. The predicted octanol–water partition coefficient (Wildman–Crippen LogP) is 2.86. The molecule has 0 fully saturated rings. The van der Waals surface area contributed by atoms with Gasteiger partial charge in [0.05, 0.1) is 12.0 Å². The summed E-state index contributed by atoms with van der Waals surface area (Å²) in [6.45, 7) is 0. The Morgan fingerprint density at radius 1 is 1.36 bits per heavy atom. The molecule has 14 heavy (non-hydrogen) atoms. The molecule has 0 aliphatic carbocycles. The van der Waals surface area contributed by atoms with Crippen LogP contribution in [0.5, 0.6) is 0 Å². The first-order valence-corrected chi connectivity index (χ1v) is 4.43. The maximum absolute atomic E-state index is 8.74. The molecule has 1 nitrogen and oxygen atoms in total. The van der Waals surface area contributed by atoms with Gasteiger partial charge in [-0.3, -0.25) is 0 Å². The molecule has 0 spiro atoms. The van der Waals surface area contributed by atoms with Crippen molar-refractivity contribution in [1.82, 2.24) is 0 Å². The van der Waals surface area contributed by atoms with Gasteiger partial charge in [0.15, 0.2) is 0 Å². The van der Waals surface area contributed by atoms with Crippen molar-refractivity contribution in [3.8, 4) is 18.4 Å². The van der Waals surface area contributed by atoms with Crippen LogP contribution in [0.1, 0.15) is 12.0 Å². The monoisotopic (exact) mass is 181 g/mol. The van der Waals surface area contributed by atoms with E-state index in [2.05, 4.69) is 12.0 Å². The standard InChI is InChI=1S/C13H11N/c1-2-6-13(11-14)10-9-12-7-4-3-5-8-12/h1,3-5,7-10,13H,6H2. The largest absolute Gasteiger partial charge is 0.198 e. The molecule has 68 valence electrons. The van der Waals surface area contributed by atoms with E-state index in [1.54, 1.807) is 0 Å². The summed E-state index contributed by atoms with van der Waals surface area (Å²) in [6.07, 6.45) is 9.38. The number of allylic oxidation sites excluding steroid dienone is 1. The molecule has 0 saturated heterocycles. The van der Waals surface area contributed by atoms with Gasteiger partial charge in [0.2, 0.25) is 0 Å². The summed E-state index contributed by atoms with van der Waals surface area (Å²) in [5.41, 5.74) is 1.09. The number of hydrogen-bond donors (Lipinski definition) is 0. The summed E-state index contributed by atoms with van der Waals surface area (Å²) in [5, 5.41) is 8.74. The van der Waals surface area contributed by atoms with E-state index >= 15 is 0 Å². The molecule has 1 atom stereocenters. The summed E-state index contributed by atoms with van der Waals surface area (Å²) in [6, 6.07) is 12.0. The minimum absolute atomic E-state index is 0.180. The van der Waals surface area contributed by atoms with Gasteiger partial charge in [-0.25, -0.2) is 0 Å². The Labute approximate surface area is 84.7 Å². The molecule has 1 unspecified atom stereocenters. The van der Waals surface area contributed by atoms with Crippen LogP contribution in [-0.4, -0.2) is 0 Å². The Balaban J connectivity index is 2.65. The van der Waals surface area contributed by atoms with Crippen molar-refractivity contribution < 1.29 is 0 Å². The van der Waals surface area contributed by atoms with Crippen LogP contribution in [0.2, 0.25) is 0 Å². The van der Waals surface area contributed by atoms with Crippen LogP contribution < -0.4 is 0 Å². The maximum Gasteiger partial charge on any atom is 0.0755 e. The molecule has 0 bridgehead atoms. The molecular formula is C13H11N. The van der Waals surface area contributed by atoms with Crippen LogP contribution in [0.3, 0.4) is 0 Å². The highest BCUT2D eigenvalue weighted by molar-refractivity contribution is 5.49. The molecule has 0 N–H and O–H groups in total. The second-order valence-electron chi connectivity index (χ2n) is 2.91. The highest BCUT2D eigenvalue weighted by Crippen LogP contribution is 2.07. The molecule has 0 saturated carbocycles. The first kappa shape index (κ1) is 10.1. The summed E-state index contributed by atoms with van der Waals surface area (Å²) in [5.74, 6) is 2.30. The molecule has 0 heterocycles. The summed E-state index contributed by atoms with van der Waals surface area (Å²) >= 11 is 0. The van der Waals surface area contributed by atoms with E-state index in [0.717, 1.165) is 5.56 Å². The molecule has 1 aromatic rings. The quantitative estimate of drug-likeness (QED) is 0.658. The smallest absolute Gasteiger partial charge is 0.0755 e. The van der Waals surface area contributed by atoms with Gasteiger partial charge in [-0.1, -0.05) is 42.5 Å². The summed E-state index contributed by atoms with van der Waals surface area (Å²) in [4.78, 5) is 0. The van der Waals surface area contributed by atoms with E-state index in [1.165, 1.54) is 0 Å². The third-order valence-corrected chi connectivity index (χ3v) is 1.82. The number of benzene rings is 1. The zero-order valence-corrected chi connectivity index (χ0v) is 7.85. The molecule has 0 radical (unpaired) electrons. The van der Waals surface area contributed by atoms with Crippen molar-refractivity contribution in [3.63, 3.8) is 0 Å². The van der Waals surface area contributed by atoms with Gasteiger partial charge in [-0.15, -0.1) is 12.3 Å². The van der Waals surface area contributed by atoms with E-state index in [9.17, 15) is 0 Å². The lowest BCUT2D eigenvalue weighted by atomic mass is 10.1. The first-order valence-electron chi connectivity index (χ1n) is 4.43. The van der Waals surface area contributed by atoms with Gasteiger partial charge in [-0.05, 0) is 5.56 Å². The highest BCUT2D eigenvalue weighted by Gasteiger charge is 1.98. The number of nitriles is 1. The van der Waals surface area contributed by atoms with Gasteiger partial charge in [0.1, 0.15) is 0 Å². The molecule has 0 aromatic heterocycles. The van der Waals surface area contributed by atoms with Gasteiger partial charge < -0.3 is 0 Å². The van der Waals surface area contributed by atoms with Crippen LogP contribution in [0, 0.1) is 29.6 Å². The highest BCUT2D eigenvalue weighted by atomic mass is 14.3. The molecule has 1 heteroatoms. The van der Waals surface area contributed by atoms with Crippen molar-refractivity contribution >= 4 is 6.08 Å². The Bertz CT molecular complexity index is 376. The predicted molar refractivity (Wildman–Crippen MR) is 58.0 cm³/mol. The third kappa shape index (κ3) is 3.17. The van der Waals surface area contributed by atoms with Crippen LogP contribution in [0.4, 0.5) is 0 Å². The Hall–Kier alpha value is -1.99. The fourth-order valence-corrected chi connectivity index (χ4v) is 1.08. The van der Waals surface area contributed by atoms with E-state index in [1.807, 2.05) is 42.5 Å². The van der Waals surface area contributed by atoms with E-state index < -0.39 is 0 Å². The van der Waals surface area contributed by atoms with Crippen molar-refractivity contribution in [2.24, 2.45) is 5.92 Å². The number of nitrogens with zero attached hydrogens (tertiary/aromatic N) is 1. The number of hydrogen-bond acceptors (Lipinski definition) is 1. The Morgan fingerprint density at radius 3 is 2.64 bits per heavy atom. The third-order valence-electron chi connectivity index (χ3n) is 1.82. The molecular weight excluding hydrogens is 170 g/mol. The lowest BCUT2D eigenvalue weighted by Crippen LogP contribution is -1.88. The van der Waals surface area contributed by atoms with Crippen LogP contribution >= 0.6 is 0 Å². The van der Waals surface area contributed by atoms with Crippen LogP contribution in [0.15, 0.2) is 36.4 Å². The number of rotatable bonds is 3. The van der Waals surface area contributed by atoms with Gasteiger partial charge >= 0.3 is 0 Å². The fraction of sp³-hybridized carbons (Fsp3) is 0.154. The van der Waals surface area contributed by atoms with Gasteiger partial charge in [-0.2, -0.15) is 5.26 Å². The zero-order chi connectivity index (χ0) is 10.2. The van der Waals surface area contributed by atoms with Gasteiger partial charge in [0.25, 0.3) is 0 Å². The van der Waals surface area contributed by atoms with Crippen LogP contribution in [0.25, 0.3) is 6.08 Å². The lowest BCUT2D eigenvalue weighted by molar-refractivity contribution is 0.872. The van der Waals surface area contributed by atoms with Crippen molar-refractivity contribution in [3.05, 3.63) is 42.0 Å². The molecule has 0 aliphatic heterocycles. The van der Waals surface area contributed by atoms with Crippen LogP contribution in [-0.2, 0) is 0 Å². The van der Waals surface area contributed by atoms with Crippen molar-refractivity contribution in [1.29, 1.82) is 5.26 Å².